The number of rotatable bonds is 5. The molecule has 0 aliphatic carbocycles. The Kier molecular flexibility index (Phi) is 6.25. The SMILES string of the molecule is CC(=O)NOC(=O)C(Oc1ccccc1)C1CCN(c2ccncc2)CC1. The molecule has 7 heteroatoms. The molecule has 142 valence electrons. The predicted octanol–water partition coefficient (Wildman–Crippen LogP) is 2.34. The minimum Gasteiger partial charge on any atom is -0.478 e. The normalized spacial score (nSPS) is 15.7. The largest absolute Gasteiger partial charge is 0.478 e. The highest BCUT2D eigenvalue weighted by molar-refractivity contribution is 5.79. The van der Waals surface area contributed by atoms with Crippen molar-refractivity contribution in [2.75, 3.05) is 18.0 Å². The van der Waals surface area contributed by atoms with Crippen LogP contribution in [0, 0.1) is 5.92 Å². The van der Waals surface area contributed by atoms with E-state index in [1.807, 2.05) is 30.3 Å². The van der Waals surface area contributed by atoms with Crippen molar-refractivity contribution in [3.63, 3.8) is 0 Å². The molecule has 0 radical (unpaired) electrons. The van der Waals surface area contributed by atoms with E-state index in [4.69, 9.17) is 9.57 Å². The number of amides is 1. The Morgan fingerprint density at radius 2 is 1.78 bits per heavy atom. The second kappa shape index (κ2) is 9.02. The van der Waals surface area contributed by atoms with Gasteiger partial charge in [0.2, 0.25) is 12.0 Å². The molecule has 0 spiro atoms. The van der Waals surface area contributed by atoms with E-state index in [2.05, 4.69) is 15.4 Å². The lowest BCUT2D eigenvalue weighted by Gasteiger charge is -2.36. The van der Waals surface area contributed by atoms with E-state index in [9.17, 15) is 9.59 Å². The molecule has 2 aromatic rings. The monoisotopic (exact) mass is 369 g/mol. The fourth-order valence-corrected chi connectivity index (χ4v) is 3.18. The van der Waals surface area contributed by atoms with Crippen LogP contribution in [0.4, 0.5) is 5.69 Å². The van der Waals surface area contributed by atoms with E-state index in [1.54, 1.807) is 24.5 Å². The molecule has 1 aromatic heterocycles. The quantitative estimate of drug-likeness (QED) is 0.815. The zero-order valence-corrected chi connectivity index (χ0v) is 15.2. The highest BCUT2D eigenvalue weighted by atomic mass is 16.7. The number of anilines is 1. The zero-order valence-electron chi connectivity index (χ0n) is 15.2. The van der Waals surface area contributed by atoms with Crippen LogP contribution in [-0.4, -0.2) is 36.1 Å². The maximum Gasteiger partial charge on any atom is 0.372 e. The van der Waals surface area contributed by atoms with Gasteiger partial charge in [-0.05, 0) is 37.1 Å². The number of carbonyl (C=O) groups is 2. The third-order valence-electron chi connectivity index (χ3n) is 4.53. The van der Waals surface area contributed by atoms with Gasteiger partial charge in [0.1, 0.15) is 5.75 Å². The average molecular weight is 369 g/mol. The molecule has 1 saturated heterocycles. The third-order valence-corrected chi connectivity index (χ3v) is 4.53. The number of hydroxylamine groups is 1. The highest BCUT2D eigenvalue weighted by Crippen LogP contribution is 2.28. The summed E-state index contributed by atoms with van der Waals surface area (Å²) in [6, 6.07) is 13.1. The lowest BCUT2D eigenvalue weighted by Crippen LogP contribution is -2.45. The summed E-state index contributed by atoms with van der Waals surface area (Å²) < 4.78 is 5.93. The summed E-state index contributed by atoms with van der Waals surface area (Å²) in [4.78, 5) is 34.8. The number of pyridine rings is 1. The Balaban J connectivity index is 1.67. The molecule has 7 nitrogen and oxygen atoms in total. The first-order chi connectivity index (χ1) is 13.1. The van der Waals surface area contributed by atoms with Gasteiger partial charge in [-0.25, -0.2) is 4.79 Å². The van der Waals surface area contributed by atoms with E-state index < -0.39 is 18.0 Å². The van der Waals surface area contributed by atoms with Gasteiger partial charge in [-0.3, -0.25) is 9.78 Å². The first kappa shape index (κ1) is 18.7. The number of hydrogen-bond donors (Lipinski definition) is 1. The van der Waals surface area contributed by atoms with Crippen molar-refractivity contribution in [1.82, 2.24) is 10.5 Å². The number of carbonyl (C=O) groups excluding carboxylic acids is 2. The highest BCUT2D eigenvalue weighted by Gasteiger charge is 2.35. The number of nitrogens with one attached hydrogen (secondary N) is 1. The molecule has 1 aliphatic rings. The summed E-state index contributed by atoms with van der Waals surface area (Å²) in [5.74, 6) is -0.436. The molecule has 2 heterocycles. The van der Waals surface area contributed by atoms with Gasteiger partial charge in [0.25, 0.3) is 0 Å². The minimum absolute atomic E-state index is 0.00967. The topological polar surface area (TPSA) is 80.8 Å². The standard InChI is InChI=1S/C20H23N3O4/c1-15(24)22-27-20(25)19(26-18-5-3-2-4-6-18)16-9-13-23(14-10-16)17-7-11-21-12-8-17/h2-8,11-12,16,19H,9-10,13-14H2,1H3,(H,22,24). The summed E-state index contributed by atoms with van der Waals surface area (Å²) in [7, 11) is 0. The van der Waals surface area contributed by atoms with E-state index in [0.29, 0.717) is 5.75 Å². The fraction of sp³-hybridized carbons (Fsp3) is 0.350. The van der Waals surface area contributed by atoms with Gasteiger partial charge in [0.05, 0.1) is 0 Å². The number of nitrogens with zero attached hydrogens (tertiary/aromatic N) is 2. The van der Waals surface area contributed by atoms with E-state index in [-0.39, 0.29) is 5.92 Å². The Hall–Kier alpha value is -3.09. The molecule has 1 aliphatic heterocycles. The number of benzene rings is 1. The molecule has 1 atom stereocenters. The van der Waals surface area contributed by atoms with Crippen LogP contribution in [-0.2, 0) is 14.4 Å². The Morgan fingerprint density at radius 1 is 1.11 bits per heavy atom. The molecule has 27 heavy (non-hydrogen) atoms. The third kappa shape index (κ3) is 5.20. The van der Waals surface area contributed by atoms with Crippen molar-refractivity contribution in [1.29, 1.82) is 0 Å². The van der Waals surface area contributed by atoms with Crippen LogP contribution in [0.1, 0.15) is 19.8 Å². The number of piperidine rings is 1. The number of para-hydroxylation sites is 1. The van der Waals surface area contributed by atoms with E-state index >= 15 is 0 Å². The van der Waals surface area contributed by atoms with Crippen LogP contribution in [0.3, 0.4) is 0 Å². The number of aromatic nitrogens is 1. The summed E-state index contributed by atoms with van der Waals surface area (Å²) in [5.41, 5.74) is 3.21. The maximum atomic E-state index is 12.5. The van der Waals surface area contributed by atoms with Crippen molar-refractivity contribution in [2.24, 2.45) is 5.92 Å². The van der Waals surface area contributed by atoms with Crippen molar-refractivity contribution < 1.29 is 19.2 Å². The molecule has 1 unspecified atom stereocenters. The summed E-state index contributed by atoms with van der Waals surface area (Å²) in [5, 5.41) is 0. The van der Waals surface area contributed by atoms with Gasteiger partial charge in [-0.15, -0.1) is 0 Å². The first-order valence-electron chi connectivity index (χ1n) is 8.97. The predicted molar refractivity (Wildman–Crippen MR) is 99.9 cm³/mol. The Bertz CT molecular complexity index is 746. The first-order valence-corrected chi connectivity index (χ1v) is 8.97. The van der Waals surface area contributed by atoms with Gasteiger partial charge in [-0.2, -0.15) is 5.48 Å². The Labute approximate surface area is 158 Å². The summed E-state index contributed by atoms with van der Waals surface area (Å²) in [6.45, 7) is 2.89. The second-order valence-electron chi connectivity index (χ2n) is 6.46. The molecule has 1 amide bonds. The zero-order chi connectivity index (χ0) is 19.1. The number of ether oxygens (including phenoxy) is 1. The molecule has 0 saturated carbocycles. The lowest BCUT2D eigenvalue weighted by atomic mass is 9.90. The summed E-state index contributed by atoms with van der Waals surface area (Å²) >= 11 is 0. The van der Waals surface area contributed by atoms with Gasteiger partial charge < -0.3 is 14.5 Å². The van der Waals surface area contributed by atoms with Crippen molar-refractivity contribution in [3.05, 3.63) is 54.9 Å². The molecule has 3 rings (SSSR count). The van der Waals surface area contributed by atoms with E-state index in [0.717, 1.165) is 31.6 Å². The molecular formula is C20H23N3O4. The van der Waals surface area contributed by atoms with E-state index in [1.165, 1.54) is 6.92 Å². The second-order valence-corrected chi connectivity index (χ2v) is 6.46. The van der Waals surface area contributed by atoms with Gasteiger partial charge >= 0.3 is 5.97 Å². The van der Waals surface area contributed by atoms with Gasteiger partial charge in [-0.1, -0.05) is 18.2 Å². The van der Waals surface area contributed by atoms with Gasteiger partial charge in [0.15, 0.2) is 0 Å². The van der Waals surface area contributed by atoms with Crippen LogP contribution < -0.4 is 15.1 Å². The van der Waals surface area contributed by atoms with Crippen molar-refractivity contribution >= 4 is 17.6 Å². The van der Waals surface area contributed by atoms with Crippen LogP contribution >= 0.6 is 0 Å². The van der Waals surface area contributed by atoms with Crippen LogP contribution in [0.15, 0.2) is 54.9 Å². The minimum atomic E-state index is -0.779. The van der Waals surface area contributed by atoms with Crippen LogP contribution in [0.25, 0.3) is 0 Å². The Morgan fingerprint density at radius 3 is 2.41 bits per heavy atom. The molecule has 1 N–H and O–H groups in total. The maximum absolute atomic E-state index is 12.5. The summed E-state index contributed by atoms with van der Waals surface area (Å²) in [6.07, 6.45) is 4.31. The molecule has 1 fully saturated rings. The lowest BCUT2D eigenvalue weighted by molar-refractivity contribution is -0.167. The van der Waals surface area contributed by atoms with Crippen LogP contribution in [0.2, 0.25) is 0 Å². The molecule has 1 aromatic carbocycles. The van der Waals surface area contributed by atoms with Crippen molar-refractivity contribution in [2.45, 2.75) is 25.9 Å². The number of hydrogen-bond acceptors (Lipinski definition) is 6. The average Bonchev–Trinajstić information content (AvgIpc) is 2.72. The smallest absolute Gasteiger partial charge is 0.372 e. The van der Waals surface area contributed by atoms with Crippen molar-refractivity contribution in [3.8, 4) is 5.75 Å². The molecular weight excluding hydrogens is 346 g/mol. The van der Waals surface area contributed by atoms with Gasteiger partial charge in [0, 0.05) is 44.0 Å². The fourth-order valence-electron chi connectivity index (χ4n) is 3.18. The van der Waals surface area contributed by atoms with Crippen LogP contribution in [0.5, 0.6) is 5.75 Å². The molecule has 0 bridgehead atoms.